The van der Waals surface area contributed by atoms with Crippen LogP contribution in [0.25, 0.3) is 0 Å². The molecule has 0 bridgehead atoms. The van der Waals surface area contributed by atoms with Crippen LogP contribution < -0.4 is 0 Å². The van der Waals surface area contributed by atoms with Crippen molar-refractivity contribution >= 4 is 11.9 Å². The molecule has 1 fully saturated rings. The molecule has 0 atom stereocenters. The van der Waals surface area contributed by atoms with E-state index in [1.165, 1.54) is 7.11 Å². The van der Waals surface area contributed by atoms with Gasteiger partial charge in [-0.05, 0) is 19.4 Å². The fourth-order valence-electron chi connectivity index (χ4n) is 2.39. The summed E-state index contributed by atoms with van der Waals surface area (Å²) in [5.74, 6) is -0.411. The molecule has 1 aliphatic heterocycles. The van der Waals surface area contributed by atoms with Crippen molar-refractivity contribution in [2.75, 3.05) is 26.8 Å². The number of ether oxygens (including phenoxy) is 1. The van der Waals surface area contributed by atoms with Crippen LogP contribution in [0.4, 0.5) is 0 Å². The Hall–Kier alpha value is -1.82. The zero-order valence-electron chi connectivity index (χ0n) is 11.3. The van der Waals surface area contributed by atoms with Gasteiger partial charge in [-0.1, -0.05) is 0 Å². The van der Waals surface area contributed by atoms with E-state index in [-0.39, 0.29) is 18.4 Å². The molecule has 1 amide bonds. The van der Waals surface area contributed by atoms with E-state index in [2.05, 4.69) is 9.72 Å². The van der Waals surface area contributed by atoms with Gasteiger partial charge >= 0.3 is 5.97 Å². The third-order valence-electron chi connectivity index (χ3n) is 3.54. The number of hydrogen-bond acceptors (Lipinski definition) is 4. The van der Waals surface area contributed by atoms with Crippen LogP contribution in [0.15, 0.2) is 0 Å². The minimum Gasteiger partial charge on any atom is -0.464 e. The topological polar surface area (TPSA) is 82.6 Å². The number of carbonyl (C=O) groups is 2. The summed E-state index contributed by atoms with van der Waals surface area (Å²) in [6.07, 6.45) is 0. The number of rotatable bonds is 3. The van der Waals surface area contributed by atoms with Crippen LogP contribution in [0.2, 0.25) is 0 Å². The van der Waals surface area contributed by atoms with Crippen molar-refractivity contribution in [3.8, 4) is 0 Å². The largest absolute Gasteiger partial charge is 0.464 e. The van der Waals surface area contributed by atoms with Gasteiger partial charge in [0.2, 0.25) is 0 Å². The lowest BCUT2D eigenvalue weighted by Gasteiger charge is -2.38. The maximum Gasteiger partial charge on any atom is 0.354 e. The Morgan fingerprint density at radius 2 is 2.05 bits per heavy atom. The monoisotopic (exact) mass is 266 g/mol. The molecular weight excluding hydrogens is 248 g/mol. The zero-order valence-corrected chi connectivity index (χ0v) is 11.3. The minimum absolute atomic E-state index is 0.0995. The number of carbonyl (C=O) groups excluding carboxylic acids is 2. The summed E-state index contributed by atoms with van der Waals surface area (Å²) in [4.78, 5) is 28.5. The van der Waals surface area contributed by atoms with Crippen molar-refractivity contribution in [1.29, 1.82) is 0 Å². The summed E-state index contributed by atoms with van der Waals surface area (Å²) in [6.45, 7) is 4.71. The van der Waals surface area contributed by atoms with Gasteiger partial charge in [0.05, 0.1) is 12.7 Å². The summed E-state index contributed by atoms with van der Waals surface area (Å²) in [7, 11) is 1.31. The highest BCUT2D eigenvalue weighted by atomic mass is 16.5. The molecule has 6 nitrogen and oxygen atoms in total. The summed E-state index contributed by atoms with van der Waals surface area (Å²) >= 11 is 0. The van der Waals surface area contributed by atoms with Crippen molar-refractivity contribution in [3.05, 3.63) is 22.5 Å². The highest BCUT2D eigenvalue weighted by molar-refractivity contribution is 6.01. The number of esters is 1. The maximum atomic E-state index is 12.3. The summed E-state index contributed by atoms with van der Waals surface area (Å²) in [6, 6.07) is 0. The smallest absolute Gasteiger partial charge is 0.354 e. The number of amides is 1. The second-order valence-electron chi connectivity index (χ2n) is 4.88. The number of nitrogens with one attached hydrogen (secondary N) is 1. The number of aromatic amines is 1. The lowest BCUT2D eigenvalue weighted by Crippen LogP contribution is -2.51. The Morgan fingerprint density at radius 3 is 2.58 bits per heavy atom. The van der Waals surface area contributed by atoms with Crippen LogP contribution in [0.1, 0.15) is 32.1 Å². The summed E-state index contributed by atoms with van der Waals surface area (Å²) < 4.78 is 4.67. The van der Waals surface area contributed by atoms with Crippen molar-refractivity contribution < 1.29 is 19.4 Å². The predicted molar refractivity (Wildman–Crippen MR) is 68.1 cm³/mol. The minimum atomic E-state index is -0.475. The molecule has 0 radical (unpaired) electrons. The van der Waals surface area contributed by atoms with Crippen LogP contribution in [-0.2, 0) is 4.74 Å². The number of aliphatic hydroxyl groups excluding tert-OH is 1. The average molecular weight is 266 g/mol. The molecule has 1 aromatic rings. The fraction of sp³-hybridized carbons (Fsp3) is 0.538. The Kier molecular flexibility index (Phi) is 3.61. The molecule has 2 rings (SSSR count). The number of aromatic nitrogens is 1. The van der Waals surface area contributed by atoms with Gasteiger partial charge in [-0.15, -0.1) is 0 Å². The third-order valence-corrected chi connectivity index (χ3v) is 3.54. The highest BCUT2D eigenvalue weighted by Crippen LogP contribution is 2.24. The number of aliphatic hydroxyl groups is 1. The Balaban J connectivity index is 2.23. The van der Waals surface area contributed by atoms with Gasteiger partial charge in [-0.25, -0.2) is 4.79 Å². The van der Waals surface area contributed by atoms with Crippen LogP contribution in [0.3, 0.4) is 0 Å². The van der Waals surface area contributed by atoms with E-state index in [4.69, 9.17) is 5.11 Å². The molecule has 0 unspecified atom stereocenters. The number of nitrogens with zero attached hydrogens (tertiary/aromatic N) is 1. The number of H-pyrrole nitrogens is 1. The molecule has 0 aliphatic carbocycles. The van der Waals surface area contributed by atoms with Gasteiger partial charge in [-0.3, -0.25) is 4.79 Å². The van der Waals surface area contributed by atoms with E-state index in [0.29, 0.717) is 35.6 Å². The predicted octanol–water partition coefficient (Wildman–Crippen LogP) is 0.482. The van der Waals surface area contributed by atoms with Gasteiger partial charge in [0, 0.05) is 31.3 Å². The molecule has 1 aliphatic rings. The van der Waals surface area contributed by atoms with Crippen molar-refractivity contribution in [2.24, 2.45) is 5.92 Å². The molecule has 1 saturated heterocycles. The maximum absolute atomic E-state index is 12.3. The first-order chi connectivity index (χ1) is 8.99. The van der Waals surface area contributed by atoms with E-state index in [9.17, 15) is 9.59 Å². The fourth-order valence-corrected chi connectivity index (χ4v) is 2.39. The molecular formula is C13H18N2O4. The van der Waals surface area contributed by atoms with Crippen molar-refractivity contribution in [2.45, 2.75) is 13.8 Å². The first-order valence-electron chi connectivity index (χ1n) is 6.17. The lowest BCUT2D eigenvalue weighted by atomic mass is 9.99. The molecule has 104 valence electrons. The molecule has 0 saturated carbocycles. The average Bonchev–Trinajstić information content (AvgIpc) is 2.62. The van der Waals surface area contributed by atoms with Crippen molar-refractivity contribution in [3.63, 3.8) is 0 Å². The molecule has 0 spiro atoms. The van der Waals surface area contributed by atoms with Gasteiger partial charge < -0.3 is 19.7 Å². The molecule has 2 heterocycles. The third kappa shape index (κ3) is 2.23. The Labute approximate surface area is 111 Å². The van der Waals surface area contributed by atoms with E-state index in [1.807, 2.05) is 0 Å². The van der Waals surface area contributed by atoms with Crippen LogP contribution >= 0.6 is 0 Å². The first-order valence-corrected chi connectivity index (χ1v) is 6.17. The molecule has 6 heteroatoms. The number of methoxy groups -OCH3 is 1. The first kappa shape index (κ1) is 13.6. The Bertz CT molecular complexity index is 515. The molecule has 2 N–H and O–H groups in total. The Morgan fingerprint density at radius 1 is 1.42 bits per heavy atom. The number of hydrogen-bond donors (Lipinski definition) is 2. The second kappa shape index (κ2) is 5.05. The lowest BCUT2D eigenvalue weighted by molar-refractivity contribution is 0.0361. The van der Waals surface area contributed by atoms with E-state index >= 15 is 0 Å². The molecule has 1 aromatic heterocycles. The summed E-state index contributed by atoms with van der Waals surface area (Å²) in [5.41, 5.74) is 2.12. The zero-order chi connectivity index (χ0) is 14.2. The standard InChI is InChI=1S/C13H18N2O4/c1-7-10(8(2)14-11(7)13(18)19-3)12(17)15-4-9(5-15)6-16/h9,14,16H,4-6H2,1-3H3. The number of aryl methyl sites for hydroxylation is 1. The van der Waals surface area contributed by atoms with E-state index < -0.39 is 5.97 Å². The quantitative estimate of drug-likeness (QED) is 0.780. The van der Waals surface area contributed by atoms with Crippen LogP contribution in [0, 0.1) is 19.8 Å². The summed E-state index contributed by atoms with van der Waals surface area (Å²) in [5, 5.41) is 8.97. The molecule has 19 heavy (non-hydrogen) atoms. The normalized spacial score (nSPS) is 15.3. The van der Waals surface area contributed by atoms with Gasteiger partial charge in [-0.2, -0.15) is 0 Å². The van der Waals surface area contributed by atoms with Gasteiger partial charge in [0.25, 0.3) is 5.91 Å². The van der Waals surface area contributed by atoms with Crippen molar-refractivity contribution in [1.82, 2.24) is 9.88 Å². The van der Waals surface area contributed by atoms with E-state index in [1.54, 1.807) is 18.7 Å². The van der Waals surface area contributed by atoms with Gasteiger partial charge in [0.15, 0.2) is 0 Å². The van der Waals surface area contributed by atoms with E-state index in [0.717, 1.165) is 0 Å². The highest BCUT2D eigenvalue weighted by Gasteiger charge is 2.33. The molecule has 0 aromatic carbocycles. The second-order valence-corrected chi connectivity index (χ2v) is 4.88. The van der Waals surface area contributed by atoms with Gasteiger partial charge in [0.1, 0.15) is 5.69 Å². The van der Waals surface area contributed by atoms with Crippen LogP contribution in [-0.4, -0.2) is 53.7 Å². The van der Waals surface area contributed by atoms with Crippen LogP contribution in [0.5, 0.6) is 0 Å². The number of likely N-dealkylation sites (tertiary alicyclic amines) is 1. The SMILES string of the molecule is COC(=O)c1[nH]c(C)c(C(=O)N2CC(CO)C2)c1C.